The van der Waals surface area contributed by atoms with Crippen LogP contribution in [-0.2, 0) is 26.9 Å². The predicted molar refractivity (Wildman–Crippen MR) is 103 cm³/mol. The Morgan fingerprint density at radius 2 is 2.11 bits per heavy atom. The number of nitrogens with zero attached hydrogens (tertiary/aromatic N) is 4. The summed E-state index contributed by atoms with van der Waals surface area (Å²) >= 11 is 0. The second kappa shape index (κ2) is 8.58. The van der Waals surface area contributed by atoms with E-state index in [0.717, 1.165) is 11.9 Å². The molecular weight excluding hydrogens is 368 g/mol. The van der Waals surface area contributed by atoms with Gasteiger partial charge >= 0.3 is 0 Å². The van der Waals surface area contributed by atoms with Crippen LogP contribution in [0.5, 0.6) is 0 Å². The number of aromatic nitrogens is 4. The molecule has 0 aliphatic carbocycles. The molecule has 0 fully saturated rings. The van der Waals surface area contributed by atoms with Gasteiger partial charge in [-0.25, -0.2) is 18.4 Å². The van der Waals surface area contributed by atoms with Crippen molar-refractivity contribution in [2.75, 3.05) is 12.0 Å². The average molecular weight is 390 g/mol. The van der Waals surface area contributed by atoms with Gasteiger partial charge in [0.15, 0.2) is 15.7 Å². The number of aryl methyl sites for hydroxylation is 1. The van der Waals surface area contributed by atoms with E-state index in [1.54, 1.807) is 30.0 Å². The molecule has 0 saturated heterocycles. The largest absolute Gasteiger partial charge is 0.384 e. The fourth-order valence-corrected chi connectivity index (χ4v) is 2.87. The number of carbonyl (C=O) groups excluding carboxylic acids is 1. The van der Waals surface area contributed by atoms with E-state index in [1.807, 2.05) is 13.0 Å². The second-order valence-corrected chi connectivity index (χ2v) is 8.25. The molecule has 2 aromatic heterocycles. The first kappa shape index (κ1) is 20.3. The van der Waals surface area contributed by atoms with Crippen molar-refractivity contribution in [3.63, 3.8) is 0 Å². The van der Waals surface area contributed by atoms with E-state index in [0.29, 0.717) is 17.1 Å². The Labute approximate surface area is 157 Å². The van der Waals surface area contributed by atoms with Gasteiger partial charge < -0.3 is 11.1 Å². The summed E-state index contributed by atoms with van der Waals surface area (Å²) in [5.74, 6) is 0.101. The zero-order chi connectivity index (χ0) is 20.0. The van der Waals surface area contributed by atoms with Gasteiger partial charge in [0.2, 0.25) is 5.91 Å². The minimum atomic E-state index is -3.23. The highest BCUT2D eigenvalue weighted by Crippen LogP contribution is 2.13. The molecule has 0 aliphatic heterocycles. The van der Waals surface area contributed by atoms with Crippen molar-refractivity contribution >= 4 is 27.1 Å². The van der Waals surface area contributed by atoms with Crippen molar-refractivity contribution < 1.29 is 13.2 Å². The van der Waals surface area contributed by atoms with Crippen LogP contribution in [0.1, 0.15) is 24.1 Å². The van der Waals surface area contributed by atoms with Crippen LogP contribution in [0.2, 0.25) is 0 Å². The number of hydrogen-bond donors (Lipinski definition) is 2. The zero-order valence-electron chi connectivity index (χ0n) is 15.4. The predicted octanol–water partition coefficient (Wildman–Crippen LogP) is 0.842. The lowest BCUT2D eigenvalue weighted by atomic mass is 10.2. The maximum Gasteiger partial charge on any atom is 0.245 e. The normalized spacial score (nSPS) is 12.5. The lowest BCUT2D eigenvalue weighted by Crippen LogP contribution is -2.23. The summed E-state index contributed by atoms with van der Waals surface area (Å²) < 4.78 is 24.4. The Bertz CT molecular complexity index is 992. The second-order valence-electron chi connectivity index (χ2n) is 6.11. The Morgan fingerprint density at radius 1 is 1.37 bits per heavy atom. The summed E-state index contributed by atoms with van der Waals surface area (Å²) in [5, 5.41) is 6.77. The van der Waals surface area contributed by atoms with Gasteiger partial charge in [-0.3, -0.25) is 9.48 Å². The zero-order valence-corrected chi connectivity index (χ0v) is 16.2. The fourth-order valence-electron chi connectivity index (χ4n) is 2.19. The van der Waals surface area contributed by atoms with Crippen molar-refractivity contribution in [1.29, 1.82) is 0 Å². The maximum atomic E-state index is 11.8. The number of anilines is 1. The number of allylic oxidation sites excluding steroid dienone is 3. The number of nitrogen functional groups attached to an aromatic ring is 1. The van der Waals surface area contributed by atoms with Crippen LogP contribution in [0.4, 0.5) is 5.82 Å². The number of nitrogens with one attached hydrogen (secondary N) is 1. The molecule has 0 bridgehead atoms. The van der Waals surface area contributed by atoms with Gasteiger partial charge in [0, 0.05) is 24.7 Å². The molecule has 0 unspecified atom stereocenters. The highest BCUT2D eigenvalue weighted by atomic mass is 32.2. The van der Waals surface area contributed by atoms with Gasteiger partial charge in [-0.1, -0.05) is 6.08 Å². The van der Waals surface area contributed by atoms with Crippen LogP contribution in [0.3, 0.4) is 0 Å². The Kier molecular flexibility index (Phi) is 6.45. The molecule has 2 heterocycles. The van der Waals surface area contributed by atoms with E-state index >= 15 is 0 Å². The van der Waals surface area contributed by atoms with Crippen molar-refractivity contribution in [3.8, 4) is 0 Å². The third kappa shape index (κ3) is 7.02. The van der Waals surface area contributed by atoms with Crippen LogP contribution < -0.4 is 11.1 Å². The Balaban J connectivity index is 2.00. The molecule has 0 aromatic carbocycles. The molecule has 3 N–H and O–H groups in total. The molecule has 2 rings (SSSR count). The molecule has 0 atom stereocenters. The van der Waals surface area contributed by atoms with Gasteiger partial charge in [0.25, 0.3) is 0 Å². The number of carbonyl (C=O) groups is 1. The first-order valence-electron chi connectivity index (χ1n) is 8.07. The van der Waals surface area contributed by atoms with Crippen LogP contribution in [-0.4, -0.2) is 40.3 Å². The molecule has 144 valence electrons. The minimum absolute atomic E-state index is 0.119. The lowest BCUT2D eigenvalue weighted by Gasteiger charge is -2.05. The average Bonchev–Trinajstić information content (AvgIpc) is 2.94. The monoisotopic (exact) mass is 390 g/mol. The van der Waals surface area contributed by atoms with Gasteiger partial charge in [-0.05, 0) is 31.6 Å². The number of hydrogen-bond acceptors (Lipinski definition) is 7. The van der Waals surface area contributed by atoms with Crippen molar-refractivity contribution in [2.45, 2.75) is 26.1 Å². The van der Waals surface area contributed by atoms with E-state index < -0.39 is 9.84 Å². The Morgan fingerprint density at radius 3 is 2.74 bits per heavy atom. The molecule has 1 amide bonds. The fraction of sp³-hybridized carbons (Fsp3) is 0.294. The highest BCUT2D eigenvalue weighted by Gasteiger charge is 2.10. The molecule has 0 saturated carbocycles. The van der Waals surface area contributed by atoms with Gasteiger partial charge in [-0.2, -0.15) is 5.10 Å². The van der Waals surface area contributed by atoms with Crippen LogP contribution in [0, 0.1) is 6.92 Å². The summed E-state index contributed by atoms with van der Waals surface area (Å²) in [6.07, 6.45) is 7.67. The third-order valence-electron chi connectivity index (χ3n) is 3.33. The standard InChI is InChI=1S/C17H22N6O3S/c1-12(17-20-14(9-15(18)21-17)11-27(3,25)26)5-4-7-19-16(24)10-23-8-6-13(2)22-23/h4-9H,10-11H2,1-3H3,(H,19,24)(H2,18,20,21)/b7-4+,12-5+. The highest BCUT2D eigenvalue weighted by molar-refractivity contribution is 7.89. The quantitative estimate of drug-likeness (QED) is 0.669. The third-order valence-corrected chi connectivity index (χ3v) is 4.15. The Hall–Kier alpha value is -3.01. The van der Waals surface area contributed by atoms with Crippen molar-refractivity contribution in [2.24, 2.45) is 0 Å². The molecule has 9 nitrogen and oxygen atoms in total. The van der Waals surface area contributed by atoms with Gasteiger partial charge in [-0.15, -0.1) is 0 Å². The van der Waals surface area contributed by atoms with Crippen LogP contribution in [0.25, 0.3) is 5.57 Å². The van der Waals surface area contributed by atoms with Gasteiger partial charge in [0.1, 0.15) is 12.4 Å². The molecule has 0 spiro atoms. The van der Waals surface area contributed by atoms with E-state index in [4.69, 9.17) is 5.73 Å². The molecular formula is C17H22N6O3S. The van der Waals surface area contributed by atoms with Gasteiger partial charge in [0.05, 0.1) is 17.1 Å². The summed E-state index contributed by atoms with van der Waals surface area (Å²) in [6, 6.07) is 3.25. The maximum absolute atomic E-state index is 11.8. The minimum Gasteiger partial charge on any atom is -0.384 e. The SMILES string of the molecule is C/C(=C\C=C\NC(=O)Cn1ccc(C)n1)c1nc(N)cc(CS(C)(=O)=O)n1. The summed E-state index contributed by atoms with van der Waals surface area (Å²) in [7, 11) is -3.23. The molecule has 10 heteroatoms. The topological polar surface area (TPSA) is 133 Å². The van der Waals surface area contributed by atoms with Crippen molar-refractivity contribution in [3.05, 3.63) is 53.9 Å². The van der Waals surface area contributed by atoms with E-state index in [1.165, 1.54) is 12.3 Å². The summed E-state index contributed by atoms with van der Waals surface area (Å²) in [4.78, 5) is 20.1. The van der Waals surface area contributed by atoms with Crippen LogP contribution in [0.15, 0.2) is 36.7 Å². The lowest BCUT2D eigenvalue weighted by molar-refractivity contribution is -0.120. The first-order valence-corrected chi connectivity index (χ1v) is 10.1. The molecule has 0 aliphatic rings. The summed E-state index contributed by atoms with van der Waals surface area (Å²) in [5.41, 5.74) is 7.58. The van der Waals surface area contributed by atoms with E-state index in [2.05, 4.69) is 20.4 Å². The number of nitrogens with two attached hydrogens (primary N) is 1. The first-order chi connectivity index (χ1) is 12.6. The van der Waals surface area contributed by atoms with E-state index in [9.17, 15) is 13.2 Å². The molecule has 2 aromatic rings. The van der Waals surface area contributed by atoms with E-state index in [-0.39, 0.29) is 24.0 Å². The number of rotatable bonds is 7. The smallest absolute Gasteiger partial charge is 0.245 e. The number of amides is 1. The number of sulfone groups is 1. The van der Waals surface area contributed by atoms with Crippen LogP contribution >= 0.6 is 0 Å². The molecule has 0 radical (unpaired) electrons. The molecule has 27 heavy (non-hydrogen) atoms. The van der Waals surface area contributed by atoms with Crippen molar-refractivity contribution in [1.82, 2.24) is 25.1 Å². The summed E-state index contributed by atoms with van der Waals surface area (Å²) in [6.45, 7) is 3.73.